The average Bonchev–Trinajstić information content (AvgIpc) is 2.63. The number of benzene rings is 2. The Balaban J connectivity index is 2.28. The molecule has 0 unspecified atom stereocenters. The molecule has 6 heteroatoms. The molecule has 0 aliphatic carbocycles. The molecular weight excluding hydrogens is 367 g/mol. The zero-order valence-corrected chi connectivity index (χ0v) is 17.1. The zero-order chi connectivity index (χ0) is 19.0. The van der Waals surface area contributed by atoms with Gasteiger partial charge >= 0.3 is 6.80 Å². The molecule has 26 heavy (non-hydrogen) atoms. The van der Waals surface area contributed by atoms with E-state index in [4.69, 9.17) is 9.05 Å². The molecule has 0 saturated heterocycles. The van der Waals surface area contributed by atoms with Crippen molar-refractivity contribution in [3.63, 3.8) is 0 Å². The van der Waals surface area contributed by atoms with Crippen LogP contribution in [0.2, 0.25) is 0 Å². The molecule has 0 aliphatic heterocycles. The van der Waals surface area contributed by atoms with Gasteiger partial charge in [0.25, 0.3) is 0 Å². The van der Waals surface area contributed by atoms with Crippen LogP contribution in [0.15, 0.2) is 54.6 Å². The molecule has 0 saturated carbocycles. The van der Waals surface area contributed by atoms with Crippen molar-refractivity contribution >= 4 is 24.0 Å². The Morgan fingerprint density at radius 1 is 1.00 bits per heavy atom. The molecule has 140 valence electrons. The molecule has 0 fully saturated rings. The summed E-state index contributed by atoms with van der Waals surface area (Å²) in [6.07, 6.45) is 0.224. The van der Waals surface area contributed by atoms with Gasteiger partial charge in [0.1, 0.15) is 0 Å². The summed E-state index contributed by atoms with van der Waals surface area (Å²) < 4.78 is 23.8. The highest BCUT2D eigenvalue weighted by Crippen LogP contribution is 2.66. The number of aryl methyl sites for hydroxylation is 1. The fourth-order valence-corrected chi connectivity index (χ4v) is 6.64. The van der Waals surface area contributed by atoms with Crippen LogP contribution in [0, 0.1) is 6.92 Å². The molecule has 0 aliphatic rings. The van der Waals surface area contributed by atoms with Crippen LogP contribution in [0.1, 0.15) is 47.0 Å². The van der Waals surface area contributed by atoms with E-state index < -0.39 is 6.80 Å². The van der Waals surface area contributed by atoms with Crippen molar-refractivity contribution in [1.82, 2.24) is 0 Å². The van der Waals surface area contributed by atoms with Crippen molar-refractivity contribution in [1.29, 1.82) is 0 Å². The van der Waals surface area contributed by atoms with Crippen molar-refractivity contribution in [2.45, 2.75) is 32.4 Å². The van der Waals surface area contributed by atoms with Gasteiger partial charge in [-0.05, 0) is 37.7 Å². The minimum absolute atomic E-state index is 0.00298. The maximum atomic E-state index is 13.0. The topological polar surface area (TPSA) is 52.6 Å². The number of hydrogen-bond acceptors (Lipinski definition) is 5. The van der Waals surface area contributed by atoms with Gasteiger partial charge in [0.15, 0.2) is 5.78 Å². The molecule has 2 aromatic carbocycles. The molecule has 0 amide bonds. The zero-order valence-electron chi connectivity index (χ0n) is 15.4. The van der Waals surface area contributed by atoms with Gasteiger partial charge in [0.2, 0.25) is 0 Å². The van der Waals surface area contributed by atoms with E-state index in [0.717, 1.165) is 22.5 Å². The highest BCUT2D eigenvalue weighted by atomic mass is 32.7. The molecule has 0 N–H and O–H groups in total. The lowest BCUT2D eigenvalue weighted by Gasteiger charge is -2.22. The third kappa shape index (κ3) is 6.10. The molecule has 0 spiro atoms. The van der Waals surface area contributed by atoms with E-state index in [1.165, 1.54) is 0 Å². The number of rotatable bonds is 10. The van der Waals surface area contributed by atoms with Crippen LogP contribution in [-0.2, 0) is 13.6 Å². The first-order valence-electron chi connectivity index (χ1n) is 8.69. The summed E-state index contributed by atoms with van der Waals surface area (Å²) in [7, 11) is 0. The Morgan fingerprint density at radius 3 is 2.12 bits per heavy atom. The summed E-state index contributed by atoms with van der Waals surface area (Å²) in [6, 6.07) is 17.1. The van der Waals surface area contributed by atoms with Gasteiger partial charge in [-0.25, -0.2) is 4.57 Å². The normalized spacial score (nSPS) is 12.7. The molecular formula is C20H25O4PS. The third-order valence-electron chi connectivity index (χ3n) is 3.75. The first kappa shape index (κ1) is 20.9. The molecule has 0 aromatic heterocycles. The van der Waals surface area contributed by atoms with E-state index in [2.05, 4.69) is 0 Å². The predicted octanol–water partition coefficient (Wildman–Crippen LogP) is 6.22. The van der Waals surface area contributed by atoms with Crippen LogP contribution in [-0.4, -0.2) is 19.0 Å². The maximum absolute atomic E-state index is 13.0. The minimum atomic E-state index is -3.34. The summed E-state index contributed by atoms with van der Waals surface area (Å²) in [5.74, 6) is 0.00298. The Morgan fingerprint density at radius 2 is 1.58 bits per heavy atom. The van der Waals surface area contributed by atoms with Crippen molar-refractivity contribution in [2.24, 2.45) is 0 Å². The lowest BCUT2D eigenvalue weighted by atomic mass is 10.0. The second-order valence-electron chi connectivity index (χ2n) is 5.78. The van der Waals surface area contributed by atoms with Crippen LogP contribution < -0.4 is 0 Å². The van der Waals surface area contributed by atoms with Crippen LogP contribution in [0.4, 0.5) is 0 Å². The smallest absolute Gasteiger partial charge is 0.301 e. The summed E-state index contributed by atoms with van der Waals surface area (Å²) >= 11 is 1.11. The first-order valence-corrected chi connectivity index (χ1v) is 11.7. The Hall–Kier alpha value is -1.39. The molecule has 2 aromatic rings. The molecule has 0 radical (unpaired) electrons. The molecule has 0 bridgehead atoms. The van der Waals surface area contributed by atoms with E-state index in [1.807, 2.05) is 49.4 Å². The van der Waals surface area contributed by atoms with Crippen molar-refractivity contribution in [3.05, 3.63) is 71.3 Å². The van der Waals surface area contributed by atoms with Crippen molar-refractivity contribution in [3.8, 4) is 0 Å². The fraction of sp³-hybridized carbons (Fsp3) is 0.350. The van der Waals surface area contributed by atoms with Gasteiger partial charge in [0, 0.05) is 17.2 Å². The second-order valence-corrected chi connectivity index (χ2v) is 9.95. The first-order chi connectivity index (χ1) is 12.5. The summed E-state index contributed by atoms with van der Waals surface area (Å²) in [4.78, 5) is 12.7. The molecule has 2 rings (SSSR count). The number of Topliss-reactive ketones (excluding diaryl/α,β-unsaturated/α-hetero) is 1. The summed E-state index contributed by atoms with van der Waals surface area (Å²) in [6.45, 7) is 2.81. The quantitative estimate of drug-likeness (QED) is 0.355. The summed E-state index contributed by atoms with van der Waals surface area (Å²) in [5, 5.41) is -0.313. The third-order valence-corrected chi connectivity index (χ3v) is 8.02. The lowest BCUT2D eigenvalue weighted by Crippen LogP contribution is -2.06. The summed E-state index contributed by atoms with van der Waals surface area (Å²) in [5.41, 5.74) is 2.71. The maximum Gasteiger partial charge on any atom is 0.389 e. The number of carbonyl (C=O) groups excluding carboxylic acids is 1. The average molecular weight is 392 g/mol. The largest absolute Gasteiger partial charge is 0.389 e. The van der Waals surface area contributed by atoms with Gasteiger partial charge in [-0.15, -0.1) is 0 Å². The van der Waals surface area contributed by atoms with E-state index in [1.54, 1.807) is 26.0 Å². The SMILES string of the molecule is CCOP(=O)(OCC)S[C@H](CC(=O)c1ccccc1)c1ccc(C)cc1. The van der Waals surface area contributed by atoms with E-state index in [-0.39, 0.29) is 30.7 Å². The van der Waals surface area contributed by atoms with Crippen molar-refractivity contribution in [2.75, 3.05) is 13.2 Å². The Labute approximate surface area is 159 Å². The predicted molar refractivity (Wildman–Crippen MR) is 108 cm³/mol. The van der Waals surface area contributed by atoms with Crippen LogP contribution in [0.5, 0.6) is 0 Å². The van der Waals surface area contributed by atoms with E-state index in [0.29, 0.717) is 5.56 Å². The number of ketones is 1. The second kappa shape index (κ2) is 10.1. The van der Waals surface area contributed by atoms with Crippen molar-refractivity contribution < 1.29 is 18.4 Å². The standard InChI is InChI=1S/C20H25O4PS/c1-4-23-25(22,24-5-2)26-20(18-13-11-16(3)12-14-18)15-19(21)17-9-7-6-8-10-17/h6-14,20H,4-5,15H2,1-3H3/t20-/m1/s1. The molecule has 0 heterocycles. The highest BCUT2D eigenvalue weighted by Gasteiger charge is 2.32. The lowest BCUT2D eigenvalue weighted by molar-refractivity contribution is 0.0982. The minimum Gasteiger partial charge on any atom is -0.301 e. The van der Waals surface area contributed by atoms with Gasteiger partial charge in [-0.3, -0.25) is 4.79 Å². The van der Waals surface area contributed by atoms with Gasteiger partial charge < -0.3 is 9.05 Å². The van der Waals surface area contributed by atoms with Gasteiger partial charge in [-0.2, -0.15) is 0 Å². The van der Waals surface area contributed by atoms with Crippen LogP contribution in [0.3, 0.4) is 0 Å². The molecule has 4 nitrogen and oxygen atoms in total. The van der Waals surface area contributed by atoms with E-state index >= 15 is 0 Å². The molecule has 1 atom stereocenters. The Kier molecular flexibility index (Phi) is 8.11. The highest BCUT2D eigenvalue weighted by molar-refractivity contribution is 8.55. The number of hydrogen-bond donors (Lipinski definition) is 0. The number of carbonyl (C=O) groups is 1. The van der Waals surface area contributed by atoms with Crippen LogP contribution >= 0.6 is 18.2 Å². The monoisotopic (exact) mass is 392 g/mol. The van der Waals surface area contributed by atoms with E-state index in [9.17, 15) is 9.36 Å². The Bertz CT molecular complexity index is 736. The van der Waals surface area contributed by atoms with Gasteiger partial charge in [-0.1, -0.05) is 60.2 Å². The fourth-order valence-electron chi connectivity index (χ4n) is 2.48. The van der Waals surface area contributed by atoms with Crippen LogP contribution in [0.25, 0.3) is 0 Å². The van der Waals surface area contributed by atoms with Gasteiger partial charge in [0.05, 0.1) is 13.2 Å².